The molecule has 0 spiro atoms. The minimum absolute atomic E-state index is 0.0239. The van der Waals surface area contributed by atoms with Crippen molar-refractivity contribution in [2.45, 2.75) is 30.8 Å². The predicted octanol–water partition coefficient (Wildman–Crippen LogP) is 1.59. The fourth-order valence-corrected chi connectivity index (χ4v) is 2.87. The van der Waals surface area contributed by atoms with Crippen LogP contribution in [-0.2, 0) is 9.53 Å². The smallest absolute Gasteiger partial charge is 0.223 e. The molecule has 0 radical (unpaired) electrons. The number of nitrogens with one attached hydrogen (secondary N) is 1. The maximum Gasteiger partial charge on any atom is 0.223 e. The molecule has 1 saturated carbocycles. The molecule has 1 aliphatic heterocycles. The zero-order chi connectivity index (χ0) is 14.9. The Balaban J connectivity index is 1.50. The first-order chi connectivity index (χ1) is 10.1. The topological polar surface area (TPSA) is 58.6 Å². The second kappa shape index (κ2) is 5.73. The predicted molar refractivity (Wildman–Crippen MR) is 75.3 cm³/mol. The summed E-state index contributed by atoms with van der Waals surface area (Å²) < 4.78 is 18.1. The van der Waals surface area contributed by atoms with E-state index in [0.29, 0.717) is 26.1 Å². The summed E-state index contributed by atoms with van der Waals surface area (Å²) in [4.78, 5) is 12.1. The Morgan fingerprint density at radius 2 is 2.00 bits per heavy atom. The Kier molecular flexibility index (Phi) is 3.95. The zero-order valence-electron chi connectivity index (χ0n) is 11.8. The average Bonchev–Trinajstić information content (AvgIpc) is 3.27. The van der Waals surface area contributed by atoms with Gasteiger partial charge >= 0.3 is 0 Å². The molecule has 5 heteroatoms. The molecule has 0 unspecified atom stereocenters. The molecule has 1 aromatic carbocycles. The van der Waals surface area contributed by atoms with Crippen LogP contribution in [0.5, 0.6) is 0 Å². The Bertz CT molecular complexity index is 511. The van der Waals surface area contributed by atoms with Gasteiger partial charge in [-0.1, -0.05) is 12.1 Å². The maximum atomic E-state index is 12.9. The fourth-order valence-electron chi connectivity index (χ4n) is 2.87. The van der Waals surface area contributed by atoms with Gasteiger partial charge in [0, 0.05) is 38.5 Å². The zero-order valence-corrected chi connectivity index (χ0v) is 11.8. The Morgan fingerprint density at radius 1 is 1.33 bits per heavy atom. The molecule has 3 rings (SSSR count). The number of carbonyl (C=O) groups excluding carboxylic acids is 1. The number of hydrogen-bond donors (Lipinski definition) is 2. The van der Waals surface area contributed by atoms with Crippen LogP contribution in [0.2, 0.25) is 0 Å². The van der Waals surface area contributed by atoms with Gasteiger partial charge in [0.1, 0.15) is 5.82 Å². The van der Waals surface area contributed by atoms with E-state index < -0.39 is 5.60 Å². The first-order valence-electron chi connectivity index (χ1n) is 7.41. The molecular formula is C16H20FNO3. The van der Waals surface area contributed by atoms with Crippen LogP contribution < -0.4 is 5.32 Å². The molecule has 2 aliphatic rings. The summed E-state index contributed by atoms with van der Waals surface area (Å²) in [5.74, 6) is -0.166. The van der Waals surface area contributed by atoms with Crippen molar-refractivity contribution >= 4 is 5.91 Å². The van der Waals surface area contributed by atoms with Crippen molar-refractivity contribution in [3.8, 4) is 0 Å². The van der Waals surface area contributed by atoms with Gasteiger partial charge in [0.2, 0.25) is 5.91 Å². The van der Waals surface area contributed by atoms with Crippen LogP contribution in [0.25, 0.3) is 0 Å². The summed E-state index contributed by atoms with van der Waals surface area (Å²) in [6, 6.07) is 6.32. The second-order valence-corrected chi connectivity index (χ2v) is 6.05. The molecule has 114 valence electrons. The normalized spacial score (nSPS) is 27.1. The Hall–Kier alpha value is -1.46. The number of aliphatic hydroxyl groups is 1. The molecule has 0 bridgehead atoms. The number of halogens is 1. The van der Waals surface area contributed by atoms with Gasteiger partial charge < -0.3 is 15.2 Å². The highest BCUT2D eigenvalue weighted by molar-refractivity contribution is 5.82. The maximum absolute atomic E-state index is 12.9. The van der Waals surface area contributed by atoms with E-state index in [0.717, 1.165) is 12.0 Å². The van der Waals surface area contributed by atoms with E-state index in [1.165, 1.54) is 12.1 Å². The summed E-state index contributed by atoms with van der Waals surface area (Å²) >= 11 is 0. The molecule has 4 nitrogen and oxygen atoms in total. The van der Waals surface area contributed by atoms with Gasteiger partial charge in [-0.15, -0.1) is 0 Å². The first-order valence-corrected chi connectivity index (χ1v) is 7.41. The van der Waals surface area contributed by atoms with Crippen LogP contribution in [0.3, 0.4) is 0 Å². The van der Waals surface area contributed by atoms with E-state index in [-0.39, 0.29) is 30.1 Å². The lowest BCUT2D eigenvalue weighted by molar-refractivity contribution is -0.125. The molecule has 2 fully saturated rings. The van der Waals surface area contributed by atoms with Crippen molar-refractivity contribution in [2.75, 3.05) is 19.8 Å². The molecule has 1 aliphatic carbocycles. The van der Waals surface area contributed by atoms with Crippen LogP contribution in [0.1, 0.15) is 30.7 Å². The largest absolute Gasteiger partial charge is 0.388 e. The molecule has 1 heterocycles. The highest BCUT2D eigenvalue weighted by atomic mass is 19.1. The molecule has 0 aromatic heterocycles. The highest BCUT2D eigenvalue weighted by Crippen LogP contribution is 2.47. The van der Waals surface area contributed by atoms with E-state index in [2.05, 4.69) is 5.32 Å². The van der Waals surface area contributed by atoms with Crippen LogP contribution >= 0.6 is 0 Å². The first kappa shape index (κ1) is 14.5. The molecule has 21 heavy (non-hydrogen) atoms. The summed E-state index contributed by atoms with van der Waals surface area (Å²) in [7, 11) is 0. The highest BCUT2D eigenvalue weighted by Gasteiger charge is 2.44. The van der Waals surface area contributed by atoms with Gasteiger partial charge in [0.15, 0.2) is 0 Å². The van der Waals surface area contributed by atoms with Crippen molar-refractivity contribution in [3.05, 3.63) is 35.6 Å². The third-order valence-electron chi connectivity index (χ3n) is 4.44. The number of carbonyl (C=O) groups is 1. The summed E-state index contributed by atoms with van der Waals surface area (Å²) in [5.41, 5.74) is 0.162. The summed E-state index contributed by atoms with van der Waals surface area (Å²) in [6.45, 7) is 1.35. The van der Waals surface area contributed by atoms with Crippen molar-refractivity contribution in [1.82, 2.24) is 5.32 Å². The van der Waals surface area contributed by atoms with Crippen molar-refractivity contribution in [1.29, 1.82) is 0 Å². The second-order valence-electron chi connectivity index (χ2n) is 6.05. The molecule has 1 amide bonds. The number of rotatable bonds is 4. The van der Waals surface area contributed by atoms with Crippen LogP contribution in [0, 0.1) is 11.7 Å². The SMILES string of the molecule is O=C(NCC1(O)CCOCC1)[C@H]1C[C@H]1c1ccc(F)cc1. The van der Waals surface area contributed by atoms with Gasteiger partial charge in [-0.3, -0.25) is 4.79 Å². The van der Waals surface area contributed by atoms with E-state index in [1.54, 1.807) is 12.1 Å². The van der Waals surface area contributed by atoms with E-state index in [9.17, 15) is 14.3 Å². The lowest BCUT2D eigenvalue weighted by Crippen LogP contribution is -2.47. The average molecular weight is 293 g/mol. The quantitative estimate of drug-likeness (QED) is 0.886. The van der Waals surface area contributed by atoms with Crippen molar-refractivity contribution in [3.63, 3.8) is 0 Å². The van der Waals surface area contributed by atoms with E-state index in [1.807, 2.05) is 0 Å². The van der Waals surface area contributed by atoms with Crippen LogP contribution in [0.4, 0.5) is 4.39 Å². The monoisotopic (exact) mass is 293 g/mol. The fraction of sp³-hybridized carbons (Fsp3) is 0.562. The standard InChI is InChI=1S/C16H20FNO3/c17-12-3-1-11(2-4-12)13-9-14(13)15(19)18-10-16(20)5-7-21-8-6-16/h1-4,13-14,20H,5-10H2,(H,18,19)/t13-,14-/m0/s1. The summed E-state index contributed by atoms with van der Waals surface area (Å²) in [6.07, 6.45) is 1.90. The minimum atomic E-state index is -0.839. The van der Waals surface area contributed by atoms with E-state index >= 15 is 0 Å². The van der Waals surface area contributed by atoms with Gasteiger partial charge in [0.25, 0.3) is 0 Å². The Labute approximate surface area is 123 Å². The van der Waals surface area contributed by atoms with Crippen LogP contribution in [0.15, 0.2) is 24.3 Å². The van der Waals surface area contributed by atoms with Gasteiger partial charge in [-0.25, -0.2) is 4.39 Å². The molecule has 1 aromatic rings. The summed E-state index contributed by atoms with van der Waals surface area (Å²) in [5, 5.41) is 13.1. The van der Waals surface area contributed by atoms with Crippen molar-refractivity contribution in [2.24, 2.45) is 5.92 Å². The molecule has 1 saturated heterocycles. The number of ether oxygens (including phenoxy) is 1. The number of amides is 1. The van der Waals surface area contributed by atoms with Gasteiger partial charge in [0.05, 0.1) is 5.60 Å². The van der Waals surface area contributed by atoms with E-state index in [4.69, 9.17) is 4.74 Å². The van der Waals surface area contributed by atoms with Crippen LogP contribution in [-0.4, -0.2) is 36.4 Å². The molecular weight excluding hydrogens is 273 g/mol. The van der Waals surface area contributed by atoms with Gasteiger partial charge in [-0.05, 0) is 30.0 Å². The van der Waals surface area contributed by atoms with Gasteiger partial charge in [-0.2, -0.15) is 0 Å². The Morgan fingerprint density at radius 3 is 2.67 bits per heavy atom. The molecule has 2 N–H and O–H groups in total. The minimum Gasteiger partial charge on any atom is -0.388 e. The third kappa shape index (κ3) is 3.41. The third-order valence-corrected chi connectivity index (χ3v) is 4.44. The number of hydrogen-bond acceptors (Lipinski definition) is 3. The van der Waals surface area contributed by atoms with Crippen molar-refractivity contribution < 1.29 is 19.0 Å². The lowest BCUT2D eigenvalue weighted by atomic mass is 9.94. The number of benzene rings is 1. The molecule has 2 atom stereocenters. The lowest BCUT2D eigenvalue weighted by Gasteiger charge is -2.32.